The highest BCUT2D eigenvalue weighted by atomic mass is 19.5. The molecule has 0 fully saturated rings. The molecule has 0 rings (SSSR count). The number of hydrogen-bond donors (Lipinski definition) is 0. The van der Waals surface area contributed by atoms with E-state index in [0.717, 1.165) is 27.7 Å². The molecule has 0 aliphatic rings. The lowest BCUT2D eigenvalue weighted by Gasteiger charge is -2.22. The van der Waals surface area contributed by atoms with Gasteiger partial charge in [0.1, 0.15) is 0 Å². The fourth-order valence-corrected chi connectivity index (χ4v) is 1.33. The van der Waals surface area contributed by atoms with Crippen LogP contribution in [0.5, 0.6) is 0 Å². The molecule has 4 amide bonds. The van der Waals surface area contributed by atoms with E-state index in [1.54, 1.807) is 0 Å². The molecule has 0 aliphatic carbocycles. The van der Waals surface area contributed by atoms with Gasteiger partial charge in [-0.2, -0.15) is 0 Å². The smallest absolute Gasteiger partial charge is 0.418 e. The molecule has 0 spiro atoms. The number of halogens is 4. The number of carbonyl (C=O) groups is 4. The molecule has 0 bridgehead atoms. The summed E-state index contributed by atoms with van der Waals surface area (Å²) < 4.78 is 37.7. The zero-order chi connectivity index (χ0) is 15.3. The van der Waals surface area contributed by atoms with Crippen molar-refractivity contribution in [2.75, 3.05) is 0 Å². The summed E-state index contributed by atoms with van der Waals surface area (Å²) in [4.78, 5) is 44.4. The third-order valence-electron chi connectivity index (χ3n) is 1.89. The van der Waals surface area contributed by atoms with E-state index >= 15 is 0 Å². The van der Waals surface area contributed by atoms with Gasteiger partial charge in [-0.25, -0.2) is 19.2 Å². The van der Waals surface area contributed by atoms with Gasteiger partial charge in [-0.15, -0.1) is 0 Å². The van der Waals surface area contributed by atoms with Gasteiger partial charge in [-0.3, -0.25) is 0 Å². The Morgan fingerprint density at radius 1 is 0.667 bits per heavy atom. The largest absolute Gasteiger partial charge is 0.673 e. The number of carbonyl (C=O) groups excluding carboxylic acids is 4. The maximum Gasteiger partial charge on any atom is 0.673 e. The Kier molecular flexibility index (Phi) is 6.66. The van der Waals surface area contributed by atoms with Gasteiger partial charge < -0.3 is 17.3 Å². The Labute approximate surface area is 100 Å². The summed E-state index contributed by atoms with van der Waals surface area (Å²) in [6.45, 7) is 4.18. The van der Waals surface area contributed by atoms with Crippen LogP contribution in [0.15, 0.2) is 0 Å². The summed E-state index contributed by atoms with van der Waals surface area (Å²) in [5, 5.41) is 0. The van der Waals surface area contributed by atoms with Gasteiger partial charge in [0, 0.05) is 0 Å². The Morgan fingerprint density at radius 2 is 0.778 bits per heavy atom. The number of amides is 4. The van der Waals surface area contributed by atoms with Crippen molar-refractivity contribution in [1.82, 2.24) is 0 Å². The van der Waals surface area contributed by atoms with Crippen molar-refractivity contribution >= 4 is 30.9 Å². The topological polar surface area (TPSA) is 68.3 Å². The summed E-state index contributed by atoms with van der Waals surface area (Å²) in [5.41, 5.74) is 0. The quantitative estimate of drug-likeness (QED) is 0.379. The van der Waals surface area contributed by atoms with Gasteiger partial charge in [0.15, 0.2) is 0 Å². The third kappa shape index (κ3) is 5.17. The van der Waals surface area contributed by atoms with E-state index in [-0.39, 0.29) is 0 Å². The van der Waals surface area contributed by atoms with E-state index in [2.05, 4.69) is 0 Å². The van der Waals surface area contributed by atoms with Crippen molar-refractivity contribution in [2.24, 2.45) is 0 Å². The second-order valence-electron chi connectivity index (χ2n) is 3.24. The average Bonchev–Trinajstić information content (AvgIpc) is 1.96. The SMILES string of the molecule is CC(=O)[N+](C(C)=O)(C(C)=O)C(C)=O.F[B-](F)(F)F. The first-order valence-corrected chi connectivity index (χ1v) is 4.58. The molecule has 0 heterocycles. The molecule has 0 aromatic carbocycles. The molecule has 0 N–H and O–H groups in total. The van der Waals surface area contributed by atoms with Crippen LogP contribution in [0.1, 0.15) is 27.7 Å². The summed E-state index contributed by atoms with van der Waals surface area (Å²) in [6, 6.07) is 0. The molecule has 104 valence electrons. The number of quaternary nitrogens is 1. The molecule has 5 nitrogen and oxygen atoms in total. The maximum atomic E-state index is 11.1. The highest BCUT2D eigenvalue weighted by Gasteiger charge is 2.49. The molecule has 18 heavy (non-hydrogen) atoms. The van der Waals surface area contributed by atoms with Crippen molar-refractivity contribution in [1.29, 1.82) is 0 Å². The maximum absolute atomic E-state index is 11.1. The van der Waals surface area contributed by atoms with Crippen LogP contribution in [0.2, 0.25) is 0 Å². The van der Waals surface area contributed by atoms with E-state index in [0.29, 0.717) is 0 Å². The second kappa shape index (κ2) is 6.38. The predicted octanol–water partition coefficient (Wildman–Crippen LogP) is 1.29. The van der Waals surface area contributed by atoms with Gasteiger partial charge in [0.2, 0.25) is 0 Å². The van der Waals surface area contributed by atoms with Gasteiger partial charge in [-0.05, 0) is 0 Å². The van der Waals surface area contributed by atoms with E-state index in [9.17, 15) is 36.4 Å². The van der Waals surface area contributed by atoms with Gasteiger partial charge in [-0.1, -0.05) is 4.48 Å². The summed E-state index contributed by atoms with van der Waals surface area (Å²) >= 11 is 0. The van der Waals surface area contributed by atoms with Gasteiger partial charge in [0.25, 0.3) is 0 Å². The molecule has 0 unspecified atom stereocenters. The Morgan fingerprint density at radius 3 is 0.778 bits per heavy atom. The molecule has 0 atom stereocenters. The molecule has 0 aromatic heterocycles. The van der Waals surface area contributed by atoms with Crippen molar-refractivity contribution in [3.8, 4) is 0 Å². The molecular formula is C8H12BF4NO4. The Balaban J connectivity index is 0. The van der Waals surface area contributed by atoms with Crippen molar-refractivity contribution in [3.05, 3.63) is 0 Å². The first kappa shape index (κ1) is 18.8. The van der Waals surface area contributed by atoms with Crippen LogP contribution in [-0.4, -0.2) is 35.4 Å². The number of rotatable bonds is 0. The van der Waals surface area contributed by atoms with E-state index < -0.39 is 35.4 Å². The zero-order valence-corrected chi connectivity index (χ0v) is 10.2. The fourth-order valence-electron chi connectivity index (χ4n) is 1.33. The van der Waals surface area contributed by atoms with Gasteiger partial charge >= 0.3 is 30.9 Å². The minimum atomic E-state index is -6.00. The molecule has 0 aromatic rings. The van der Waals surface area contributed by atoms with Crippen molar-refractivity contribution < 1.29 is 40.9 Å². The minimum Gasteiger partial charge on any atom is -0.418 e. The van der Waals surface area contributed by atoms with Crippen molar-refractivity contribution in [3.63, 3.8) is 0 Å². The zero-order valence-electron chi connectivity index (χ0n) is 10.2. The van der Waals surface area contributed by atoms with Gasteiger partial charge in [0.05, 0.1) is 27.7 Å². The number of nitrogens with zero attached hydrogens (tertiary/aromatic N) is 1. The van der Waals surface area contributed by atoms with E-state index in [4.69, 9.17) is 0 Å². The minimum absolute atomic E-state index is 0.771. The Hall–Kier alpha value is -1.58. The van der Waals surface area contributed by atoms with Crippen LogP contribution >= 0.6 is 0 Å². The van der Waals surface area contributed by atoms with Crippen LogP contribution in [0.25, 0.3) is 0 Å². The highest BCUT2D eigenvalue weighted by Crippen LogP contribution is 2.10. The van der Waals surface area contributed by atoms with Crippen LogP contribution in [-0.2, 0) is 19.2 Å². The second-order valence-corrected chi connectivity index (χ2v) is 3.24. The molecule has 0 aliphatic heterocycles. The monoisotopic (exact) mass is 273 g/mol. The lowest BCUT2D eigenvalue weighted by Crippen LogP contribution is -2.61. The van der Waals surface area contributed by atoms with Crippen LogP contribution in [0.3, 0.4) is 0 Å². The van der Waals surface area contributed by atoms with Crippen LogP contribution < -0.4 is 0 Å². The summed E-state index contributed by atoms with van der Waals surface area (Å²) in [6.07, 6.45) is 0. The van der Waals surface area contributed by atoms with E-state index in [1.165, 1.54) is 0 Å². The standard InChI is InChI=1S/C8H12NO4.BF4/c1-5(10)9(6(2)11,7(3)12)8(4)13;2-1(3,4)5/h1-4H3;/q+1;-1. The highest BCUT2D eigenvalue weighted by molar-refractivity contribution is 6.50. The fraction of sp³-hybridized carbons (Fsp3) is 0.500. The summed E-state index contributed by atoms with van der Waals surface area (Å²) in [5.74, 6) is -3.08. The first-order chi connectivity index (χ1) is 7.77. The predicted molar refractivity (Wildman–Crippen MR) is 53.2 cm³/mol. The summed E-state index contributed by atoms with van der Waals surface area (Å²) in [7, 11) is -6.00. The molecule has 0 saturated carbocycles. The lowest BCUT2D eigenvalue weighted by molar-refractivity contribution is -0.624. The number of imide groups is 6. The average molecular weight is 273 g/mol. The van der Waals surface area contributed by atoms with Crippen LogP contribution in [0, 0.1) is 0 Å². The normalized spacial score (nSPS) is 11.1. The lowest BCUT2D eigenvalue weighted by atomic mass is 10.3. The molecule has 0 saturated heterocycles. The number of hydrogen-bond acceptors (Lipinski definition) is 4. The molecule has 0 radical (unpaired) electrons. The van der Waals surface area contributed by atoms with Crippen molar-refractivity contribution in [2.45, 2.75) is 27.7 Å². The van der Waals surface area contributed by atoms with E-state index in [1.807, 2.05) is 0 Å². The molecule has 10 heteroatoms. The van der Waals surface area contributed by atoms with Crippen LogP contribution in [0.4, 0.5) is 17.3 Å². The third-order valence-corrected chi connectivity index (χ3v) is 1.89. The molecular weight excluding hydrogens is 261 g/mol. The first-order valence-electron chi connectivity index (χ1n) is 4.58. The Bertz CT molecular complexity index is 312.